The van der Waals surface area contributed by atoms with Crippen LogP contribution in [-0.2, 0) is 14.3 Å². The van der Waals surface area contributed by atoms with E-state index in [2.05, 4.69) is 20.7 Å². The minimum Gasteiger partial charge on any atom is -0.463 e. The normalized spacial score (nSPS) is 9.40. The molecule has 10 heavy (non-hydrogen) atoms. The van der Waals surface area contributed by atoms with Crippen LogP contribution in [0.1, 0.15) is 6.42 Å². The summed E-state index contributed by atoms with van der Waals surface area (Å²) in [6.07, 6.45) is 0.420. The maximum Gasteiger partial charge on any atom is 0.306 e. The van der Waals surface area contributed by atoms with E-state index in [4.69, 9.17) is 4.74 Å². The van der Waals surface area contributed by atoms with E-state index in [0.29, 0.717) is 25.0 Å². The molecule has 0 aliphatic rings. The average molecular weight is 211 g/mol. The lowest BCUT2D eigenvalue weighted by Crippen LogP contribution is -2.09. The smallest absolute Gasteiger partial charge is 0.306 e. The van der Waals surface area contributed by atoms with Gasteiger partial charge in [-0.25, -0.2) is 0 Å². The average Bonchev–Trinajstić information content (AvgIpc) is 1.89. The Labute approximate surface area is 68.8 Å². The van der Waals surface area contributed by atoms with Crippen molar-refractivity contribution in [3.05, 3.63) is 0 Å². The molecule has 0 N–H and O–H groups in total. The first-order valence-electron chi connectivity index (χ1n) is 3.01. The SMILES string of the molecule is COCCOC(=O)CCBr. The van der Waals surface area contributed by atoms with Gasteiger partial charge in [-0.3, -0.25) is 4.79 Å². The van der Waals surface area contributed by atoms with Gasteiger partial charge in [0.1, 0.15) is 6.61 Å². The number of hydrogen-bond acceptors (Lipinski definition) is 3. The van der Waals surface area contributed by atoms with E-state index in [1.54, 1.807) is 7.11 Å². The molecule has 0 aliphatic heterocycles. The van der Waals surface area contributed by atoms with Crippen LogP contribution in [0.2, 0.25) is 0 Å². The third-order valence-electron chi connectivity index (χ3n) is 0.849. The van der Waals surface area contributed by atoms with Gasteiger partial charge in [-0.05, 0) is 0 Å². The standard InChI is InChI=1S/C6H11BrO3/c1-9-4-5-10-6(8)2-3-7/h2-5H2,1H3. The zero-order chi connectivity index (χ0) is 7.82. The number of esters is 1. The van der Waals surface area contributed by atoms with Crippen molar-refractivity contribution in [3.63, 3.8) is 0 Å². The maximum absolute atomic E-state index is 10.6. The fraction of sp³-hybridized carbons (Fsp3) is 0.833. The summed E-state index contributed by atoms with van der Waals surface area (Å²) in [5.74, 6) is -0.186. The molecule has 0 spiro atoms. The molecule has 0 bridgehead atoms. The molecule has 0 heterocycles. The molecule has 0 atom stereocenters. The Morgan fingerprint density at radius 2 is 2.20 bits per heavy atom. The fourth-order valence-corrected chi connectivity index (χ4v) is 0.712. The molecule has 3 nitrogen and oxygen atoms in total. The third-order valence-corrected chi connectivity index (χ3v) is 1.25. The number of ether oxygens (including phenoxy) is 2. The number of hydrogen-bond donors (Lipinski definition) is 0. The van der Waals surface area contributed by atoms with E-state index in [0.717, 1.165) is 0 Å². The predicted molar refractivity (Wildman–Crippen MR) is 41.2 cm³/mol. The molecule has 0 aliphatic carbocycles. The van der Waals surface area contributed by atoms with Gasteiger partial charge >= 0.3 is 5.97 Å². The number of alkyl halides is 1. The lowest BCUT2D eigenvalue weighted by atomic mass is 10.5. The van der Waals surface area contributed by atoms with Gasteiger partial charge in [0.2, 0.25) is 0 Å². The Kier molecular flexibility index (Phi) is 6.96. The van der Waals surface area contributed by atoms with Crippen molar-refractivity contribution in [1.82, 2.24) is 0 Å². The molecule has 0 saturated carbocycles. The van der Waals surface area contributed by atoms with Crippen molar-refractivity contribution in [2.24, 2.45) is 0 Å². The van der Waals surface area contributed by atoms with E-state index in [-0.39, 0.29) is 5.97 Å². The molecule has 0 saturated heterocycles. The molecule has 0 aromatic heterocycles. The number of methoxy groups -OCH3 is 1. The minimum absolute atomic E-state index is 0.186. The quantitative estimate of drug-likeness (QED) is 0.386. The summed E-state index contributed by atoms with van der Waals surface area (Å²) in [4.78, 5) is 10.6. The molecule has 0 aromatic rings. The van der Waals surface area contributed by atoms with Crippen LogP contribution < -0.4 is 0 Å². The summed E-state index contributed by atoms with van der Waals surface area (Å²) in [6, 6.07) is 0. The largest absolute Gasteiger partial charge is 0.463 e. The van der Waals surface area contributed by atoms with Crippen LogP contribution >= 0.6 is 15.9 Å². The molecule has 4 heteroatoms. The number of halogens is 1. The second-order valence-electron chi connectivity index (χ2n) is 1.65. The van der Waals surface area contributed by atoms with Crippen molar-refractivity contribution in [2.75, 3.05) is 25.7 Å². The fourth-order valence-electron chi connectivity index (χ4n) is 0.388. The lowest BCUT2D eigenvalue weighted by Gasteiger charge is -2.00. The summed E-state index contributed by atoms with van der Waals surface area (Å²) >= 11 is 3.13. The zero-order valence-corrected chi connectivity index (χ0v) is 7.52. The Morgan fingerprint density at radius 1 is 1.50 bits per heavy atom. The summed E-state index contributed by atoms with van der Waals surface area (Å²) in [5, 5.41) is 0.652. The van der Waals surface area contributed by atoms with Gasteiger partial charge in [0.05, 0.1) is 13.0 Å². The van der Waals surface area contributed by atoms with Crippen LogP contribution in [0, 0.1) is 0 Å². The summed E-state index contributed by atoms with van der Waals surface area (Å²) in [7, 11) is 1.57. The van der Waals surface area contributed by atoms with Gasteiger partial charge in [0, 0.05) is 12.4 Å². The summed E-state index contributed by atoms with van der Waals surface area (Å²) < 4.78 is 9.41. The van der Waals surface area contributed by atoms with Gasteiger partial charge in [-0.2, -0.15) is 0 Å². The number of carbonyl (C=O) groups excluding carboxylic acids is 1. The number of rotatable bonds is 5. The van der Waals surface area contributed by atoms with Crippen LogP contribution in [0.5, 0.6) is 0 Å². The van der Waals surface area contributed by atoms with Gasteiger partial charge < -0.3 is 9.47 Å². The molecule has 0 fully saturated rings. The molecule has 0 unspecified atom stereocenters. The number of carbonyl (C=O) groups is 1. The molecular weight excluding hydrogens is 200 g/mol. The van der Waals surface area contributed by atoms with Gasteiger partial charge in [0.25, 0.3) is 0 Å². The lowest BCUT2D eigenvalue weighted by molar-refractivity contribution is -0.144. The van der Waals surface area contributed by atoms with Crippen LogP contribution in [0.3, 0.4) is 0 Å². The van der Waals surface area contributed by atoms with Gasteiger partial charge in [-0.1, -0.05) is 15.9 Å². The second kappa shape index (κ2) is 7.02. The first-order valence-corrected chi connectivity index (χ1v) is 4.14. The van der Waals surface area contributed by atoms with Crippen molar-refractivity contribution in [2.45, 2.75) is 6.42 Å². The Bertz CT molecular complexity index is 95.0. The van der Waals surface area contributed by atoms with Crippen molar-refractivity contribution < 1.29 is 14.3 Å². The third kappa shape index (κ3) is 6.04. The zero-order valence-electron chi connectivity index (χ0n) is 5.93. The summed E-state index contributed by atoms with van der Waals surface area (Å²) in [5.41, 5.74) is 0. The molecule has 60 valence electrons. The topological polar surface area (TPSA) is 35.5 Å². The van der Waals surface area contributed by atoms with Crippen LogP contribution in [0.15, 0.2) is 0 Å². The molecule has 0 radical (unpaired) electrons. The minimum atomic E-state index is -0.186. The summed E-state index contributed by atoms with van der Waals surface area (Å²) in [6.45, 7) is 0.816. The highest BCUT2D eigenvalue weighted by Crippen LogP contribution is 1.90. The Balaban J connectivity index is 3.05. The van der Waals surface area contributed by atoms with E-state index < -0.39 is 0 Å². The van der Waals surface area contributed by atoms with Gasteiger partial charge in [-0.15, -0.1) is 0 Å². The van der Waals surface area contributed by atoms with E-state index in [1.807, 2.05) is 0 Å². The van der Waals surface area contributed by atoms with Crippen molar-refractivity contribution in [3.8, 4) is 0 Å². The predicted octanol–water partition coefficient (Wildman–Crippen LogP) is 0.961. The van der Waals surface area contributed by atoms with Crippen LogP contribution in [0.4, 0.5) is 0 Å². The highest BCUT2D eigenvalue weighted by molar-refractivity contribution is 9.09. The molecular formula is C6H11BrO3. The highest BCUT2D eigenvalue weighted by atomic mass is 79.9. The maximum atomic E-state index is 10.6. The van der Waals surface area contributed by atoms with Gasteiger partial charge in [0.15, 0.2) is 0 Å². The second-order valence-corrected chi connectivity index (χ2v) is 2.45. The van der Waals surface area contributed by atoms with E-state index in [1.165, 1.54) is 0 Å². The Morgan fingerprint density at radius 3 is 2.70 bits per heavy atom. The van der Waals surface area contributed by atoms with Crippen LogP contribution in [-0.4, -0.2) is 31.6 Å². The Hall–Kier alpha value is -0.0900. The van der Waals surface area contributed by atoms with Crippen molar-refractivity contribution >= 4 is 21.9 Å². The highest BCUT2D eigenvalue weighted by Gasteiger charge is 1.98. The molecule has 0 rings (SSSR count). The van der Waals surface area contributed by atoms with Crippen LogP contribution in [0.25, 0.3) is 0 Å². The van der Waals surface area contributed by atoms with Crippen molar-refractivity contribution in [1.29, 1.82) is 0 Å². The van der Waals surface area contributed by atoms with E-state index in [9.17, 15) is 4.79 Å². The van der Waals surface area contributed by atoms with E-state index >= 15 is 0 Å². The molecule has 0 aromatic carbocycles. The monoisotopic (exact) mass is 210 g/mol. The first kappa shape index (κ1) is 9.91. The first-order chi connectivity index (χ1) is 4.81. The molecule has 0 amide bonds.